The number of carbonyl (C=O) groups is 1. The van der Waals surface area contributed by atoms with Gasteiger partial charge in [0, 0.05) is 13.1 Å². The molecule has 0 spiro atoms. The van der Waals surface area contributed by atoms with Crippen LogP contribution in [-0.2, 0) is 0 Å². The van der Waals surface area contributed by atoms with Crippen molar-refractivity contribution in [2.75, 3.05) is 13.1 Å². The Balaban J connectivity index is 3.04. The van der Waals surface area contributed by atoms with E-state index in [0.717, 1.165) is 12.8 Å². The fourth-order valence-electron chi connectivity index (χ4n) is 2.46. The molecule has 1 aliphatic rings. The molecule has 0 bridgehead atoms. The van der Waals surface area contributed by atoms with Crippen molar-refractivity contribution in [2.45, 2.75) is 39.2 Å². The quantitative estimate of drug-likeness (QED) is 0.674. The summed E-state index contributed by atoms with van der Waals surface area (Å²) in [5, 5.41) is 9.11. The van der Waals surface area contributed by atoms with Crippen LogP contribution >= 0.6 is 0 Å². The Morgan fingerprint density at radius 2 is 2.14 bits per heavy atom. The molecule has 0 aromatic carbocycles. The topological polar surface area (TPSA) is 66.6 Å². The second-order valence-electron chi connectivity index (χ2n) is 5.02. The van der Waals surface area contributed by atoms with Crippen LogP contribution in [0.2, 0.25) is 0 Å². The van der Waals surface area contributed by atoms with Crippen molar-refractivity contribution < 1.29 is 9.90 Å². The van der Waals surface area contributed by atoms with Gasteiger partial charge in [-0.3, -0.25) is 0 Å². The highest BCUT2D eigenvalue weighted by molar-refractivity contribution is 5.67. The molecule has 1 heterocycles. The zero-order valence-electron chi connectivity index (χ0n) is 9.21. The Kier molecular flexibility index (Phi) is 2.76. The van der Waals surface area contributed by atoms with Gasteiger partial charge in [0.05, 0.1) is 5.54 Å². The predicted octanol–water partition coefficient (Wildman–Crippen LogP) is 1.50. The summed E-state index contributed by atoms with van der Waals surface area (Å²) in [4.78, 5) is 12.6. The lowest BCUT2D eigenvalue weighted by Crippen LogP contribution is -2.59. The normalized spacial score (nSPS) is 28.1. The molecule has 4 nitrogen and oxygen atoms in total. The maximum atomic E-state index is 11.1. The standard InChI is InChI=1S/C10H20N2O2/c1-9(2,3)10(7-11)5-4-6-12(10)8(13)14/h4-7,11H2,1-3H3,(H,13,14)/t10-/m1/s1. The predicted molar refractivity (Wildman–Crippen MR) is 55.2 cm³/mol. The fourth-order valence-corrected chi connectivity index (χ4v) is 2.46. The molecule has 1 aliphatic heterocycles. The van der Waals surface area contributed by atoms with Gasteiger partial charge in [0.15, 0.2) is 0 Å². The Bertz CT molecular complexity index is 235. The number of nitrogens with zero attached hydrogens (tertiary/aromatic N) is 1. The molecule has 0 aliphatic carbocycles. The summed E-state index contributed by atoms with van der Waals surface area (Å²) >= 11 is 0. The average molecular weight is 200 g/mol. The van der Waals surface area contributed by atoms with Gasteiger partial charge in [-0.1, -0.05) is 20.8 Å². The monoisotopic (exact) mass is 200 g/mol. The van der Waals surface area contributed by atoms with Gasteiger partial charge in [-0.15, -0.1) is 0 Å². The van der Waals surface area contributed by atoms with Crippen LogP contribution < -0.4 is 5.73 Å². The molecule has 82 valence electrons. The Morgan fingerprint density at radius 1 is 1.57 bits per heavy atom. The molecule has 0 radical (unpaired) electrons. The van der Waals surface area contributed by atoms with E-state index in [1.807, 2.05) is 0 Å². The first-order valence-corrected chi connectivity index (χ1v) is 5.06. The van der Waals surface area contributed by atoms with E-state index in [4.69, 9.17) is 10.8 Å². The van der Waals surface area contributed by atoms with Crippen molar-refractivity contribution in [3.05, 3.63) is 0 Å². The molecule has 1 rings (SSSR count). The molecule has 0 aromatic heterocycles. The van der Waals surface area contributed by atoms with Crippen LogP contribution in [0.3, 0.4) is 0 Å². The highest BCUT2D eigenvalue weighted by Crippen LogP contribution is 2.42. The van der Waals surface area contributed by atoms with Crippen molar-refractivity contribution in [1.82, 2.24) is 4.90 Å². The van der Waals surface area contributed by atoms with E-state index < -0.39 is 6.09 Å². The molecule has 1 fully saturated rings. The van der Waals surface area contributed by atoms with Crippen LogP contribution in [-0.4, -0.2) is 34.7 Å². The van der Waals surface area contributed by atoms with Crippen LogP contribution in [0.15, 0.2) is 0 Å². The number of hydrogen-bond acceptors (Lipinski definition) is 2. The number of nitrogens with two attached hydrogens (primary N) is 1. The molecule has 4 heteroatoms. The third-order valence-electron chi connectivity index (χ3n) is 3.45. The highest BCUT2D eigenvalue weighted by atomic mass is 16.4. The second kappa shape index (κ2) is 3.42. The van der Waals surface area contributed by atoms with Crippen molar-refractivity contribution >= 4 is 6.09 Å². The van der Waals surface area contributed by atoms with E-state index in [-0.39, 0.29) is 11.0 Å². The minimum absolute atomic E-state index is 0.101. The Labute approximate surface area is 85.1 Å². The molecular formula is C10H20N2O2. The summed E-state index contributed by atoms with van der Waals surface area (Å²) in [6, 6.07) is 0. The van der Waals surface area contributed by atoms with Crippen LogP contribution in [0, 0.1) is 5.41 Å². The maximum Gasteiger partial charge on any atom is 0.407 e. The Morgan fingerprint density at radius 3 is 2.43 bits per heavy atom. The van der Waals surface area contributed by atoms with Crippen LogP contribution in [0.5, 0.6) is 0 Å². The molecule has 1 saturated heterocycles. The molecule has 14 heavy (non-hydrogen) atoms. The van der Waals surface area contributed by atoms with Gasteiger partial charge in [0.1, 0.15) is 0 Å². The van der Waals surface area contributed by atoms with E-state index in [9.17, 15) is 4.79 Å². The summed E-state index contributed by atoms with van der Waals surface area (Å²) in [5.74, 6) is 0. The van der Waals surface area contributed by atoms with Crippen molar-refractivity contribution in [3.63, 3.8) is 0 Å². The van der Waals surface area contributed by atoms with Crippen molar-refractivity contribution in [1.29, 1.82) is 0 Å². The third-order valence-corrected chi connectivity index (χ3v) is 3.45. The second-order valence-corrected chi connectivity index (χ2v) is 5.02. The van der Waals surface area contributed by atoms with E-state index in [2.05, 4.69) is 20.8 Å². The lowest BCUT2D eigenvalue weighted by Gasteiger charge is -2.46. The maximum absolute atomic E-state index is 11.1. The average Bonchev–Trinajstić information content (AvgIpc) is 2.46. The highest BCUT2D eigenvalue weighted by Gasteiger charge is 2.50. The molecule has 0 saturated carbocycles. The molecule has 3 N–H and O–H groups in total. The fraction of sp³-hybridized carbons (Fsp3) is 0.900. The first-order valence-electron chi connectivity index (χ1n) is 5.06. The van der Waals surface area contributed by atoms with Crippen molar-refractivity contribution in [3.8, 4) is 0 Å². The van der Waals surface area contributed by atoms with Crippen LogP contribution in [0.1, 0.15) is 33.6 Å². The summed E-state index contributed by atoms with van der Waals surface area (Å²) in [6.07, 6.45) is 0.947. The van der Waals surface area contributed by atoms with Crippen molar-refractivity contribution in [2.24, 2.45) is 11.1 Å². The molecule has 1 amide bonds. The summed E-state index contributed by atoms with van der Waals surface area (Å²) < 4.78 is 0. The van der Waals surface area contributed by atoms with Gasteiger partial charge in [-0.05, 0) is 18.3 Å². The van der Waals surface area contributed by atoms with E-state index >= 15 is 0 Å². The van der Waals surface area contributed by atoms with E-state index in [0.29, 0.717) is 13.1 Å². The zero-order chi connectivity index (χ0) is 11.0. The third kappa shape index (κ3) is 1.47. The van der Waals surface area contributed by atoms with Gasteiger partial charge in [-0.25, -0.2) is 4.79 Å². The smallest absolute Gasteiger partial charge is 0.407 e. The molecule has 0 unspecified atom stereocenters. The van der Waals surface area contributed by atoms with Gasteiger partial charge in [0.2, 0.25) is 0 Å². The number of hydrogen-bond donors (Lipinski definition) is 2. The van der Waals surface area contributed by atoms with Crippen LogP contribution in [0.4, 0.5) is 4.79 Å². The summed E-state index contributed by atoms with van der Waals surface area (Å²) in [7, 11) is 0. The van der Waals surface area contributed by atoms with Gasteiger partial charge in [-0.2, -0.15) is 0 Å². The minimum Gasteiger partial charge on any atom is -0.465 e. The molecule has 0 aromatic rings. The van der Waals surface area contributed by atoms with Gasteiger partial charge in [0.25, 0.3) is 0 Å². The van der Waals surface area contributed by atoms with Crippen LogP contribution in [0.25, 0.3) is 0 Å². The largest absolute Gasteiger partial charge is 0.465 e. The first-order chi connectivity index (χ1) is 6.35. The van der Waals surface area contributed by atoms with Gasteiger partial charge < -0.3 is 15.7 Å². The first kappa shape index (κ1) is 11.3. The zero-order valence-corrected chi connectivity index (χ0v) is 9.21. The SMILES string of the molecule is CC(C)(C)[C@]1(CN)CCCN1C(=O)O. The summed E-state index contributed by atoms with van der Waals surface area (Å²) in [6.45, 7) is 7.19. The molecular weight excluding hydrogens is 180 g/mol. The number of rotatable bonds is 1. The number of carboxylic acid groups (broad SMARTS) is 1. The number of likely N-dealkylation sites (tertiary alicyclic amines) is 1. The van der Waals surface area contributed by atoms with E-state index in [1.165, 1.54) is 4.90 Å². The minimum atomic E-state index is -0.845. The summed E-state index contributed by atoms with van der Waals surface area (Å²) in [5.41, 5.74) is 5.30. The van der Waals surface area contributed by atoms with Gasteiger partial charge >= 0.3 is 6.09 Å². The Hall–Kier alpha value is -0.770. The van der Waals surface area contributed by atoms with E-state index in [1.54, 1.807) is 0 Å². The lowest BCUT2D eigenvalue weighted by molar-refractivity contribution is 0.0370. The lowest BCUT2D eigenvalue weighted by atomic mass is 9.72. The number of amides is 1. The molecule has 1 atom stereocenters.